The molecule has 5 rings (SSSR count). The maximum Gasteiger partial charge on any atom is 0.573 e. The average Bonchev–Trinajstić information content (AvgIpc) is 3.60. The third-order valence-electron chi connectivity index (χ3n) is 7.22. The van der Waals surface area contributed by atoms with Crippen LogP contribution in [0.15, 0.2) is 65.4 Å². The van der Waals surface area contributed by atoms with Gasteiger partial charge in [-0.1, -0.05) is 36.6 Å². The number of nitrogens with zero attached hydrogens (tertiary/aromatic N) is 3. The molecule has 1 unspecified atom stereocenters. The summed E-state index contributed by atoms with van der Waals surface area (Å²) in [5, 5.41) is 21.7. The number of aliphatic hydroxyl groups is 1. The molecule has 0 radical (unpaired) electrons. The third-order valence-corrected chi connectivity index (χ3v) is 7.22. The van der Waals surface area contributed by atoms with Gasteiger partial charge in [0.2, 0.25) is 0 Å². The largest absolute Gasteiger partial charge is 0.573 e. The van der Waals surface area contributed by atoms with Crippen LogP contribution < -0.4 is 9.64 Å². The molecular weight excluding hydrogens is 497 g/mol. The van der Waals surface area contributed by atoms with Crippen LogP contribution >= 0.6 is 0 Å². The quantitative estimate of drug-likeness (QED) is 0.260. The number of aromatic nitrogens is 3. The zero-order chi connectivity index (χ0) is 26.7. The molecule has 1 aliphatic carbocycles. The van der Waals surface area contributed by atoms with E-state index in [1.54, 1.807) is 18.2 Å². The van der Waals surface area contributed by atoms with Crippen LogP contribution in [0, 0.1) is 5.92 Å². The van der Waals surface area contributed by atoms with E-state index in [2.05, 4.69) is 25.0 Å². The van der Waals surface area contributed by atoms with Crippen molar-refractivity contribution in [2.45, 2.75) is 51.1 Å². The Morgan fingerprint density at radius 3 is 2.32 bits per heavy atom. The highest BCUT2D eigenvalue weighted by Crippen LogP contribution is 2.44. The van der Waals surface area contributed by atoms with Crippen molar-refractivity contribution in [1.82, 2.24) is 15.4 Å². The first-order valence-corrected chi connectivity index (χ1v) is 12.6. The lowest BCUT2D eigenvalue weighted by atomic mass is 9.79. The Bertz CT molecular complexity index is 1310. The number of nitrogens with one attached hydrogen (secondary N) is 1. The fraction of sp³-hybridized carbons (Fsp3) is 0.357. The number of H-pyrrole nitrogens is 1. The van der Waals surface area contributed by atoms with E-state index >= 15 is 0 Å². The summed E-state index contributed by atoms with van der Waals surface area (Å²) in [5.74, 6) is 0.00678. The predicted octanol–water partition coefficient (Wildman–Crippen LogP) is 6.88. The smallest absolute Gasteiger partial charge is 0.406 e. The summed E-state index contributed by atoms with van der Waals surface area (Å²) >= 11 is 0. The Labute approximate surface area is 218 Å². The maximum atomic E-state index is 12.7. The fourth-order valence-electron chi connectivity index (χ4n) is 5.45. The van der Waals surface area contributed by atoms with Crippen LogP contribution in [0.5, 0.6) is 5.75 Å². The van der Waals surface area contributed by atoms with Gasteiger partial charge in [-0.2, -0.15) is 5.10 Å². The SMILES string of the molecule is CN(c1ccc(-c2ccon2)cc1)C(c1c(-c2ccc(OC(F)(F)F)cc2)n[nH]c1CO)C1CCCCC1. The number of hydrogen-bond donors (Lipinski definition) is 2. The topological polar surface area (TPSA) is 87.4 Å². The molecule has 1 saturated carbocycles. The molecule has 1 atom stereocenters. The number of anilines is 1. The van der Waals surface area contributed by atoms with E-state index in [0.29, 0.717) is 22.9 Å². The lowest BCUT2D eigenvalue weighted by molar-refractivity contribution is -0.274. The molecule has 200 valence electrons. The van der Waals surface area contributed by atoms with Crippen molar-refractivity contribution in [2.75, 3.05) is 11.9 Å². The Morgan fingerprint density at radius 1 is 1.03 bits per heavy atom. The molecule has 1 fully saturated rings. The summed E-state index contributed by atoms with van der Waals surface area (Å²) in [4.78, 5) is 2.21. The zero-order valence-corrected chi connectivity index (χ0v) is 20.9. The highest BCUT2D eigenvalue weighted by atomic mass is 19.4. The summed E-state index contributed by atoms with van der Waals surface area (Å²) in [6, 6.07) is 15.4. The molecule has 2 heterocycles. The first-order chi connectivity index (χ1) is 18.3. The summed E-state index contributed by atoms with van der Waals surface area (Å²) in [6.45, 7) is -0.236. The number of rotatable bonds is 8. The molecule has 10 heteroatoms. The van der Waals surface area contributed by atoms with E-state index in [1.165, 1.54) is 24.8 Å². The molecule has 2 aromatic heterocycles. The van der Waals surface area contributed by atoms with Gasteiger partial charge in [-0.25, -0.2) is 0 Å². The zero-order valence-electron chi connectivity index (χ0n) is 20.9. The number of hydrogen-bond acceptors (Lipinski definition) is 6. The molecule has 0 spiro atoms. The fourth-order valence-corrected chi connectivity index (χ4v) is 5.45. The molecule has 4 aromatic rings. The van der Waals surface area contributed by atoms with Crippen LogP contribution in [-0.2, 0) is 6.61 Å². The van der Waals surface area contributed by atoms with Crippen molar-refractivity contribution in [2.24, 2.45) is 5.92 Å². The third kappa shape index (κ3) is 5.55. The first kappa shape index (κ1) is 25.8. The van der Waals surface area contributed by atoms with E-state index in [-0.39, 0.29) is 18.4 Å². The van der Waals surface area contributed by atoms with Crippen LogP contribution in [0.1, 0.15) is 49.4 Å². The molecule has 2 N–H and O–H groups in total. The minimum Gasteiger partial charge on any atom is -0.406 e. The van der Waals surface area contributed by atoms with Gasteiger partial charge in [0.1, 0.15) is 17.7 Å². The second-order valence-corrected chi connectivity index (χ2v) is 9.58. The van der Waals surface area contributed by atoms with Crippen molar-refractivity contribution in [3.63, 3.8) is 0 Å². The van der Waals surface area contributed by atoms with E-state index in [1.807, 2.05) is 31.3 Å². The number of ether oxygens (including phenoxy) is 1. The van der Waals surface area contributed by atoms with Crippen LogP contribution in [0.25, 0.3) is 22.5 Å². The van der Waals surface area contributed by atoms with Crippen molar-refractivity contribution in [1.29, 1.82) is 0 Å². The Balaban J connectivity index is 1.53. The highest BCUT2D eigenvalue weighted by molar-refractivity contribution is 5.68. The number of benzene rings is 2. The van der Waals surface area contributed by atoms with Crippen molar-refractivity contribution < 1.29 is 27.5 Å². The highest BCUT2D eigenvalue weighted by Gasteiger charge is 2.34. The lowest BCUT2D eigenvalue weighted by Gasteiger charge is -2.39. The molecule has 0 amide bonds. The summed E-state index contributed by atoms with van der Waals surface area (Å²) in [7, 11) is 2.03. The molecular formula is C28H29F3N4O3. The molecule has 0 bridgehead atoms. The van der Waals surface area contributed by atoms with Crippen LogP contribution in [0.3, 0.4) is 0 Å². The Hall–Kier alpha value is -3.79. The molecule has 1 aliphatic rings. The normalized spacial score (nSPS) is 15.4. The Morgan fingerprint density at radius 2 is 1.71 bits per heavy atom. The molecule has 0 saturated heterocycles. The predicted molar refractivity (Wildman–Crippen MR) is 136 cm³/mol. The molecule has 7 nitrogen and oxygen atoms in total. The molecule has 0 aliphatic heterocycles. The van der Waals surface area contributed by atoms with E-state index in [0.717, 1.165) is 48.2 Å². The van der Waals surface area contributed by atoms with Gasteiger partial charge < -0.3 is 19.3 Å². The van der Waals surface area contributed by atoms with Crippen molar-refractivity contribution >= 4 is 5.69 Å². The first-order valence-electron chi connectivity index (χ1n) is 12.6. The van der Waals surface area contributed by atoms with Gasteiger partial charge >= 0.3 is 6.36 Å². The summed E-state index contributed by atoms with van der Waals surface area (Å²) in [6.07, 6.45) is 2.25. The van der Waals surface area contributed by atoms with Gasteiger partial charge in [0.25, 0.3) is 0 Å². The lowest BCUT2D eigenvalue weighted by Crippen LogP contribution is -2.32. The van der Waals surface area contributed by atoms with Gasteiger partial charge in [-0.15, -0.1) is 13.2 Å². The summed E-state index contributed by atoms with van der Waals surface area (Å²) < 4.78 is 47.0. The van der Waals surface area contributed by atoms with Gasteiger partial charge in [-0.05, 0) is 55.2 Å². The second kappa shape index (κ2) is 10.9. The van der Waals surface area contributed by atoms with Crippen LogP contribution in [0.2, 0.25) is 0 Å². The van der Waals surface area contributed by atoms with Gasteiger partial charge in [0.15, 0.2) is 0 Å². The Kier molecular flexibility index (Phi) is 7.42. The second-order valence-electron chi connectivity index (χ2n) is 9.58. The minimum absolute atomic E-state index is 0.116. The average molecular weight is 527 g/mol. The maximum absolute atomic E-state index is 12.7. The monoisotopic (exact) mass is 526 g/mol. The number of alkyl halides is 3. The molecule has 38 heavy (non-hydrogen) atoms. The van der Waals surface area contributed by atoms with E-state index in [9.17, 15) is 18.3 Å². The van der Waals surface area contributed by atoms with Crippen LogP contribution in [-0.4, -0.2) is 33.9 Å². The van der Waals surface area contributed by atoms with E-state index < -0.39 is 6.36 Å². The summed E-state index contributed by atoms with van der Waals surface area (Å²) in [5.41, 5.74) is 5.37. The standard InChI is InChI=1S/C28H29F3N4O3/c1-35(21-11-7-18(8-12-21)23-15-16-37-34-23)27(20-5-3-2-4-6-20)25-24(17-36)32-33-26(25)19-9-13-22(14-10-19)38-28(29,30)31/h7-16,20,27,36H,2-6,17H2,1H3,(H,32,33). The molecule has 2 aromatic carbocycles. The number of aromatic amines is 1. The van der Waals surface area contributed by atoms with Crippen LogP contribution in [0.4, 0.5) is 18.9 Å². The van der Waals surface area contributed by atoms with E-state index in [4.69, 9.17) is 4.52 Å². The van der Waals surface area contributed by atoms with Gasteiger partial charge in [0.05, 0.1) is 24.0 Å². The van der Waals surface area contributed by atoms with Gasteiger partial charge in [-0.3, -0.25) is 5.10 Å². The van der Waals surface area contributed by atoms with Crippen molar-refractivity contribution in [3.05, 3.63) is 72.1 Å². The number of aliphatic hydroxyl groups excluding tert-OH is 1. The minimum atomic E-state index is -4.76. The van der Waals surface area contributed by atoms with Gasteiger partial charge in [0, 0.05) is 35.5 Å². The number of halogens is 3. The van der Waals surface area contributed by atoms with Crippen molar-refractivity contribution in [3.8, 4) is 28.3 Å².